The molecule has 0 atom stereocenters. The highest BCUT2D eigenvalue weighted by Crippen LogP contribution is 2.23. The van der Waals surface area contributed by atoms with E-state index in [2.05, 4.69) is 68.5 Å². The van der Waals surface area contributed by atoms with Gasteiger partial charge in [0.25, 0.3) is 0 Å². The molecule has 0 heteroatoms. The van der Waals surface area contributed by atoms with Crippen LogP contribution in [0.4, 0.5) is 0 Å². The molecule has 0 saturated heterocycles. The monoisotopic (exact) mass is 208 g/mol. The zero-order chi connectivity index (χ0) is 11.4. The maximum absolute atomic E-state index is 2.22. The van der Waals surface area contributed by atoms with E-state index in [9.17, 15) is 0 Å². The molecule has 0 aliphatic rings. The number of hydrogen-bond donors (Lipinski definition) is 0. The first-order valence-corrected chi connectivity index (χ1v) is 5.60. The van der Waals surface area contributed by atoms with Crippen LogP contribution in [-0.4, -0.2) is 0 Å². The molecule has 80 valence electrons. The summed E-state index contributed by atoms with van der Waals surface area (Å²) < 4.78 is 0. The molecule has 0 N–H and O–H groups in total. The van der Waals surface area contributed by atoms with Gasteiger partial charge in [0, 0.05) is 0 Å². The predicted octanol–water partition coefficient (Wildman–Crippen LogP) is 4.45. The van der Waals surface area contributed by atoms with Crippen molar-refractivity contribution in [3.8, 4) is 0 Å². The third-order valence-electron chi connectivity index (χ3n) is 2.70. The second kappa shape index (κ2) is 4.80. The van der Waals surface area contributed by atoms with Crippen molar-refractivity contribution in [2.24, 2.45) is 0 Å². The molecule has 0 aliphatic heterocycles. The highest BCUT2D eigenvalue weighted by molar-refractivity contribution is 5.79. The molecular formula is C16H16. The minimum absolute atomic E-state index is 1.27. The Kier molecular flexibility index (Phi) is 3.21. The lowest BCUT2D eigenvalue weighted by Crippen LogP contribution is -1.87. The van der Waals surface area contributed by atoms with Gasteiger partial charge in [-0.3, -0.25) is 0 Å². The summed E-state index contributed by atoms with van der Waals surface area (Å²) in [7, 11) is 0. The highest BCUT2D eigenvalue weighted by atomic mass is 14.1. The van der Waals surface area contributed by atoms with E-state index >= 15 is 0 Å². The van der Waals surface area contributed by atoms with Crippen molar-refractivity contribution in [3.05, 3.63) is 77.4 Å². The molecule has 0 spiro atoms. The van der Waals surface area contributed by atoms with Gasteiger partial charge in [-0.1, -0.05) is 66.2 Å². The first-order valence-electron chi connectivity index (χ1n) is 5.60. The van der Waals surface area contributed by atoms with Crippen LogP contribution >= 0.6 is 0 Å². The van der Waals surface area contributed by atoms with Gasteiger partial charge in [-0.2, -0.15) is 0 Å². The van der Waals surface area contributed by atoms with Crippen LogP contribution in [0.25, 0.3) is 5.57 Å². The SMILES string of the molecule is C/C=C(/c1ccccc1)c1cccc(C)c1. The molecule has 0 nitrogen and oxygen atoms in total. The van der Waals surface area contributed by atoms with Crippen LogP contribution in [0, 0.1) is 6.92 Å². The average molecular weight is 208 g/mol. The van der Waals surface area contributed by atoms with Crippen molar-refractivity contribution in [1.82, 2.24) is 0 Å². The molecular weight excluding hydrogens is 192 g/mol. The lowest BCUT2D eigenvalue weighted by Gasteiger charge is -2.08. The van der Waals surface area contributed by atoms with E-state index in [1.807, 2.05) is 6.07 Å². The summed E-state index contributed by atoms with van der Waals surface area (Å²) >= 11 is 0. The van der Waals surface area contributed by atoms with Gasteiger partial charge in [0.1, 0.15) is 0 Å². The third-order valence-corrected chi connectivity index (χ3v) is 2.70. The molecule has 0 bridgehead atoms. The van der Waals surface area contributed by atoms with Crippen molar-refractivity contribution in [3.63, 3.8) is 0 Å². The number of rotatable bonds is 2. The van der Waals surface area contributed by atoms with E-state index in [0.717, 1.165) is 0 Å². The predicted molar refractivity (Wildman–Crippen MR) is 70.4 cm³/mol. The Morgan fingerprint density at radius 2 is 1.56 bits per heavy atom. The normalized spacial score (nSPS) is 11.5. The van der Waals surface area contributed by atoms with Gasteiger partial charge in [-0.05, 0) is 30.5 Å². The van der Waals surface area contributed by atoms with Gasteiger partial charge in [0.05, 0.1) is 0 Å². The second-order valence-corrected chi connectivity index (χ2v) is 3.94. The smallest absolute Gasteiger partial charge is 0.0154 e. The lowest BCUT2D eigenvalue weighted by molar-refractivity contribution is 1.43. The number of aryl methyl sites for hydroxylation is 1. The average Bonchev–Trinajstić information content (AvgIpc) is 2.31. The van der Waals surface area contributed by atoms with Crippen molar-refractivity contribution in [1.29, 1.82) is 0 Å². The molecule has 0 aliphatic carbocycles. The van der Waals surface area contributed by atoms with Gasteiger partial charge in [-0.25, -0.2) is 0 Å². The van der Waals surface area contributed by atoms with Crippen molar-refractivity contribution < 1.29 is 0 Å². The number of benzene rings is 2. The van der Waals surface area contributed by atoms with Crippen LogP contribution in [0.2, 0.25) is 0 Å². The van der Waals surface area contributed by atoms with E-state index in [1.54, 1.807) is 0 Å². The van der Waals surface area contributed by atoms with Crippen LogP contribution < -0.4 is 0 Å². The maximum atomic E-state index is 2.22. The van der Waals surface area contributed by atoms with E-state index in [-0.39, 0.29) is 0 Å². The molecule has 0 saturated carbocycles. The molecule has 2 aromatic carbocycles. The Labute approximate surface area is 97.3 Å². The molecule has 0 fully saturated rings. The largest absolute Gasteiger partial charge is 0.0792 e. The minimum Gasteiger partial charge on any atom is -0.0792 e. The number of allylic oxidation sites excluding steroid dienone is 1. The molecule has 0 amide bonds. The standard InChI is InChI=1S/C16H16/c1-3-16(14-9-5-4-6-10-14)15-11-7-8-13(2)12-15/h3-12H,1-2H3/b16-3-. The summed E-state index contributed by atoms with van der Waals surface area (Å²) in [5.74, 6) is 0. The van der Waals surface area contributed by atoms with Gasteiger partial charge >= 0.3 is 0 Å². The Morgan fingerprint density at radius 3 is 2.19 bits per heavy atom. The summed E-state index contributed by atoms with van der Waals surface area (Å²) in [6.07, 6.45) is 2.17. The molecule has 0 unspecified atom stereocenters. The molecule has 0 aromatic heterocycles. The molecule has 2 rings (SSSR count). The molecule has 16 heavy (non-hydrogen) atoms. The maximum Gasteiger partial charge on any atom is -0.0154 e. The van der Waals surface area contributed by atoms with Crippen molar-refractivity contribution >= 4 is 5.57 Å². The van der Waals surface area contributed by atoms with E-state index in [4.69, 9.17) is 0 Å². The van der Waals surface area contributed by atoms with E-state index in [1.165, 1.54) is 22.3 Å². The Balaban J connectivity index is 2.46. The summed E-state index contributed by atoms with van der Waals surface area (Å²) in [5, 5.41) is 0. The summed E-state index contributed by atoms with van der Waals surface area (Å²) in [6, 6.07) is 19.1. The van der Waals surface area contributed by atoms with Crippen LogP contribution in [-0.2, 0) is 0 Å². The topological polar surface area (TPSA) is 0 Å². The molecule has 0 heterocycles. The van der Waals surface area contributed by atoms with Crippen LogP contribution in [0.5, 0.6) is 0 Å². The quantitative estimate of drug-likeness (QED) is 0.684. The van der Waals surface area contributed by atoms with Crippen molar-refractivity contribution in [2.75, 3.05) is 0 Å². The van der Waals surface area contributed by atoms with Crippen molar-refractivity contribution in [2.45, 2.75) is 13.8 Å². The number of hydrogen-bond acceptors (Lipinski definition) is 0. The van der Waals surface area contributed by atoms with Gasteiger partial charge in [0.2, 0.25) is 0 Å². The fourth-order valence-electron chi connectivity index (χ4n) is 1.93. The van der Waals surface area contributed by atoms with Gasteiger partial charge in [0.15, 0.2) is 0 Å². The highest BCUT2D eigenvalue weighted by Gasteiger charge is 2.02. The zero-order valence-electron chi connectivity index (χ0n) is 9.77. The Hall–Kier alpha value is -1.82. The Morgan fingerprint density at radius 1 is 0.875 bits per heavy atom. The van der Waals surface area contributed by atoms with Crippen LogP contribution in [0.15, 0.2) is 60.7 Å². The lowest BCUT2D eigenvalue weighted by atomic mass is 9.97. The minimum atomic E-state index is 1.27. The van der Waals surface area contributed by atoms with Crippen LogP contribution in [0.3, 0.4) is 0 Å². The van der Waals surface area contributed by atoms with Gasteiger partial charge < -0.3 is 0 Å². The van der Waals surface area contributed by atoms with E-state index in [0.29, 0.717) is 0 Å². The Bertz CT molecular complexity index is 492. The van der Waals surface area contributed by atoms with Gasteiger partial charge in [-0.15, -0.1) is 0 Å². The summed E-state index contributed by atoms with van der Waals surface area (Å²) in [6.45, 7) is 4.21. The first kappa shape index (κ1) is 10.7. The fraction of sp³-hybridized carbons (Fsp3) is 0.125. The molecule has 0 radical (unpaired) electrons. The second-order valence-electron chi connectivity index (χ2n) is 3.94. The first-order chi connectivity index (χ1) is 7.81. The summed E-state index contributed by atoms with van der Waals surface area (Å²) in [5.41, 5.74) is 5.15. The zero-order valence-corrected chi connectivity index (χ0v) is 9.77. The van der Waals surface area contributed by atoms with Crippen LogP contribution in [0.1, 0.15) is 23.6 Å². The van der Waals surface area contributed by atoms with E-state index < -0.39 is 0 Å². The molecule has 2 aromatic rings. The fourth-order valence-corrected chi connectivity index (χ4v) is 1.93. The summed E-state index contributed by atoms with van der Waals surface area (Å²) in [4.78, 5) is 0. The third kappa shape index (κ3) is 2.22.